The van der Waals surface area contributed by atoms with E-state index < -0.39 is 11.7 Å². The molecule has 2 aromatic rings. The number of nitrogens with one attached hydrogen (secondary N) is 1. The van der Waals surface area contributed by atoms with Crippen LogP contribution in [-0.2, 0) is 4.79 Å². The first-order valence-electron chi connectivity index (χ1n) is 6.89. The predicted octanol–water partition coefficient (Wildman–Crippen LogP) is 3.38. The highest BCUT2D eigenvalue weighted by Gasteiger charge is 2.13. The predicted molar refractivity (Wildman–Crippen MR) is 85.7 cm³/mol. The molecule has 0 bridgehead atoms. The summed E-state index contributed by atoms with van der Waals surface area (Å²) in [5.41, 5.74) is 0.555. The van der Waals surface area contributed by atoms with Crippen molar-refractivity contribution < 1.29 is 23.4 Å². The van der Waals surface area contributed by atoms with Gasteiger partial charge in [0.05, 0.1) is 0 Å². The molecule has 0 saturated heterocycles. The van der Waals surface area contributed by atoms with E-state index in [1.165, 1.54) is 12.1 Å². The van der Waals surface area contributed by atoms with Crippen LogP contribution in [0.4, 0.5) is 10.1 Å². The van der Waals surface area contributed by atoms with Crippen molar-refractivity contribution in [3.63, 3.8) is 0 Å². The molecule has 0 unspecified atom stereocenters. The van der Waals surface area contributed by atoms with Crippen LogP contribution < -0.4 is 19.5 Å². The summed E-state index contributed by atoms with van der Waals surface area (Å²) in [6, 6.07) is 9.46. The second kappa shape index (κ2) is 6.87. The second-order valence-electron chi connectivity index (χ2n) is 4.77. The molecule has 0 fully saturated rings. The largest absolute Gasteiger partial charge is 0.486 e. The van der Waals surface area contributed by atoms with Gasteiger partial charge < -0.3 is 19.5 Å². The monoisotopic (exact) mass is 381 g/mol. The molecule has 5 nitrogen and oxygen atoms in total. The molecule has 0 spiro atoms. The third-order valence-corrected chi connectivity index (χ3v) is 3.57. The number of fused-ring (bicyclic) bond motifs is 1. The van der Waals surface area contributed by atoms with E-state index in [1.807, 2.05) is 0 Å². The Bertz CT molecular complexity index is 738. The summed E-state index contributed by atoms with van der Waals surface area (Å²) in [7, 11) is 0. The Morgan fingerprint density at radius 1 is 1.17 bits per heavy atom. The Kier molecular flexibility index (Phi) is 4.66. The summed E-state index contributed by atoms with van der Waals surface area (Å²) < 4.78 is 30.2. The number of carbonyl (C=O) groups excluding carboxylic acids is 1. The number of hydrogen-bond donors (Lipinski definition) is 1. The van der Waals surface area contributed by atoms with Gasteiger partial charge in [-0.15, -0.1) is 0 Å². The summed E-state index contributed by atoms with van der Waals surface area (Å²) >= 11 is 3.15. The van der Waals surface area contributed by atoms with E-state index >= 15 is 0 Å². The average molecular weight is 382 g/mol. The third-order valence-electron chi connectivity index (χ3n) is 3.08. The zero-order chi connectivity index (χ0) is 16.2. The average Bonchev–Trinajstić information content (AvgIpc) is 2.54. The molecule has 0 aliphatic carbocycles. The first-order chi connectivity index (χ1) is 11.1. The van der Waals surface area contributed by atoms with E-state index in [0.717, 1.165) is 0 Å². The molecule has 2 aromatic carbocycles. The lowest BCUT2D eigenvalue weighted by Gasteiger charge is -2.19. The van der Waals surface area contributed by atoms with E-state index in [4.69, 9.17) is 14.2 Å². The smallest absolute Gasteiger partial charge is 0.262 e. The summed E-state index contributed by atoms with van der Waals surface area (Å²) in [6.45, 7) is 0.675. The molecule has 0 radical (unpaired) electrons. The van der Waals surface area contributed by atoms with Gasteiger partial charge in [-0.05, 0) is 30.3 Å². The van der Waals surface area contributed by atoms with Crippen LogP contribution in [0.3, 0.4) is 0 Å². The Morgan fingerprint density at radius 2 is 1.96 bits per heavy atom. The molecule has 0 saturated carbocycles. The van der Waals surface area contributed by atoms with E-state index in [0.29, 0.717) is 34.9 Å². The quantitative estimate of drug-likeness (QED) is 0.881. The van der Waals surface area contributed by atoms with E-state index in [9.17, 15) is 9.18 Å². The van der Waals surface area contributed by atoms with Gasteiger partial charge in [0.15, 0.2) is 29.7 Å². The summed E-state index contributed by atoms with van der Waals surface area (Å²) in [5, 5.41) is 2.66. The van der Waals surface area contributed by atoms with Crippen LogP contribution in [0.1, 0.15) is 0 Å². The zero-order valence-corrected chi connectivity index (χ0v) is 13.6. The van der Waals surface area contributed by atoms with Crippen LogP contribution in [0, 0.1) is 5.82 Å². The number of amides is 1. The fourth-order valence-electron chi connectivity index (χ4n) is 2.05. The molecule has 3 rings (SSSR count). The van der Waals surface area contributed by atoms with Crippen LogP contribution in [-0.4, -0.2) is 25.7 Å². The lowest BCUT2D eigenvalue weighted by Crippen LogP contribution is -2.21. The van der Waals surface area contributed by atoms with Gasteiger partial charge in [0, 0.05) is 16.2 Å². The lowest BCUT2D eigenvalue weighted by atomic mass is 10.2. The van der Waals surface area contributed by atoms with Crippen molar-refractivity contribution in [2.24, 2.45) is 0 Å². The van der Waals surface area contributed by atoms with Crippen LogP contribution in [0.2, 0.25) is 0 Å². The Hall–Kier alpha value is -2.28. The Morgan fingerprint density at radius 3 is 2.74 bits per heavy atom. The first-order valence-corrected chi connectivity index (χ1v) is 7.68. The molecule has 7 heteroatoms. The molecule has 1 N–H and O–H groups in total. The highest BCUT2D eigenvalue weighted by molar-refractivity contribution is 9.10. The van der Waals surface area contributed by atoms with Gasteiger partial charge >= 0.3 is 0 Å². The summed E-state index contributed by atoms with van der Waals surface area (Å²) in [4.78, 5) is 11.9. The van der Waals surface area contributed by atoms with E-state index in [2.05, 4.69) is 21.2 Å². The number of anilines is 1. The highest BCUT2D eigenvalue weighted by atomic mass is 79.9. The standard InChI is InChI=1S/C16H13BrFNO4/c17-10-1-3-13(12(18)7-10)23-9-16(20)19-11-2-4-14-15(8-11)22-6-5-21-14/h1-4,7-8H,5-6,9H2,(H,19,20). The van der Waals surface area contributed by atoms with Crippen molar-refractivity contribution in [1.82, 2.24) is 0 Å². The maximum absolute atomic E-state index is 13.6. The zero-order valence-electron chi connectivity index (χ0n) is 12.0. The normalized spacial score (nSPS) is 12.6. The van der Waals surface area contributed by atoms with Crippen molar-refractivity contribution in [1.29, 1.82) is 0 Å². The van der Waals surface area contributed by atoms with Gasteiger partial charge in [-0.3, -0.25) is 4.79 Å². The van der Waals surface area contributed by atoms with Crippen molar-refractivity contribution in [2.45, 2.75) is 0 Å². The van der Waals surface area contributed by atoms with Gasteiger partial charge in [-0.2, -0.15) is 0 Å². The van der Waals surface area contributed by atoms with Crippen LogP contribution >= 0.6 is 15.9 Å². The molecule has 1 amide bonds. The van der Waals surface area contributed by atoms with Crippen LogP contribution in [0.15, 0.2) is 40.9 Å². The maximum atomic E-state index is 13.6. The Balaban J connectivity index is 1.59. The van der Waals surface area contributed by atoms with Gasteiger partial charge in [0.25, 0.3) is 5.91 Å². The third kappa shape index (κ3) is 3.92. The molecular weight excluding hydrogens is 369 g/mol. The number of hydrogen-bond acceptors (Lipinski definition) is 4. The summed E-state index contributed by atoms with van der Waals surface area (Å²) in [5.74, 6) is 0.303. The van der Waals surface area contributed by atoms with Crippen LogP contribution in [0.25, 0.3) is 0 Å². The van der Waals surface area contributed by atoms with Crippen LogP contribution in [0.5, 0.6) is 17.2 Å². The molecule has 23 heavy (non-hydrogen) atoms. The van der Waals surface area contributed by atoms with Crippen molar-refractivity contribution in [3.05, 3.63) is 46.7 Å². The molecule has 0 aromatic heterocycles. The van der Waals surface area contributed by atoms with E-state index in [-0.39, 0.29) is 12.4 Å². The van der Waals surface area contributed by atoms with Gasteiger partial charge in [-0.1, -0.05) is 15.9 Å². The van der Waals surface area contributed by atoms with Gasteiger partial charge in [-0.25, -0.2) is 4.39 Å². The summed E-state index contributed by atoms with van der Waals surface area (Å²) in [6.07, 6.45) is 0. The van der Waals surface area contributed by atoms with Crippen molar-refractivity contribution in [3.8, 4) is 17.2 Å². The second-order valence-corrected chi connectivity index (χ2v) is 5.69. The molecule has 1 aliphatic heterocycles. The highest BCUT2D eigenvalue weighted by Crippen LogP contribution is 2.32. The van der Waals surface area contributed by atoms with Gasteiger partial charge in [0.2, 0.25) is 0 Å². The molecule has 0 atom stereocenters. The fraction of sp³-hybridized carbons (Fsp3) is 0.188. The number of benzene rings is 2. The molecule has 1 aliphatic rings. The maximum Gasteiger partial charge on any atom is 0.262 e. The van der Waals surface area contributed by atoms with Crippen molar-refractivity contribution >= 4 is 27.5 Å². The number of ether oxygens (including phenoxy) is 3. The van der Waals surface area contributed by atoms with Crippen molar-refractivity contribution in [2.75, 3.05) is 25.1 Å². The Labute approximate surface area is 140 Å². The van der Waals surface area contributed by atoms with Gasteiger partial charge in [0.1, 0.15) is 13.2 Å². The minimum atomic E-state index is -0.536. The minimum Gasteiger partial charge on any atom is -0.486 e. The number of carbonyl (C=O) groups is 1. The topological polar surface area (TPSA) is 56.8 Å². The number of rotatable bonds is 4. The molecular formula is C16H13BrFNO4. The SMILES string of the molecule is O=C(COc1ccc(Br)cc1F)Nc1ccc2c(c1)OCCO2. The molecule has 120 valence electrons. The fourth-order valence-corrected chi connectivity index (χ4v) is 2.39. The molecule has 1 heterocycles. The first kappa shape index (κ1) is 15.6. The minimum absolute atomic E-state index is 0.0190. The lowest BCUT2D eigenvalue weighted by molar-refractivity contribution is -0.118. The van der Waals surface area contributed by atoms with E-state index in [1.54, 1.807) is 24.3 Å². The number of halogens is 2.